The Bertz CT molecular complexity index is 717. The van der Waals surface area contributed by atoms with Crippen LogP contribution in [0.1, 0.15) is 24.8 Å². The molecule has 2 aliphatic rings. The number of nitrogens with zero attached hydrogens (tertiary/aromatic N) is 1. The number of anilines is 1. The van der Waals surface area contributed by atoms with Crippen LogP contribution >= 0.6 is 0 Å². The van der Waals surface area contributed by atoms with Crippen molar-refractivity contribution in [1.29, 1.82) is 0 Å². The largest absolute Gasteiger partial charge is 0.478 e. The van der Waals surface area contributed by atoms with E-state index in [1.807, 2.05) is 6.08 Å². The number of allylic oxidation sites excluding steroid dienone is 1. The van der Waals surface area contributed by atoms with Crippen molar-refractivity contribution in [2.24, 2.45) is 5.92 Å². The summed E-state index contributed by atoms with van der Waals surface area (Å²) in [5.74, 6) is -1.81. The Morgan fingerprint density at radius 2 is 2.14 bits per heavy atom. The molecule has 0 radical (unpaired) electrons. The van der Waals surface area contributed by atoms with Gasteiger partial charge in [0.25, 0.3) is 5.91 Å². The second-order valence-corrected chi connectivity index (χ2v) is 5.39. The van der Waals surface area contributed by atoms with Crippen LogP contribution < -0.4 is 4.90 Å². The summed E-state index contributed by atoms with van der Waals surface area (Å²) in [6, 6.07) is 6.76. The SMILES string of the molecule is O=C(O)C=Cc1cccc(N2C(=O)C3=CCCCC3C2=O)c1. The smallest absolute Gasteiger partial charge is 0.328 e. The first-order valence-electron chi connectivity index (χ1n) is 7.17. The Hall–Kier alpha value is -2.69. The van der Waals surface area contributed by atoms with Gasteiger partial charge in [-0.3, -0.25) is 9.59 Å². The van der Waals surface area contributed by atoms with Gasteiger partial charge in [-0.2, -0.15) is 0 Å². The highest BCUT2D eigenvalue weighted by molar-refractivity contribution is 6.29. The molecule has 1 aliphatic carbocycles. The first-order chi connectivity index (χ1) is 10.6. The normalized spacial score (nSPS) is 21.2. The number of carbonyl (C=O) groups excluding carboxylic acids is 2. The predicted molar refractivity (Wildman–Crippen MR) is 81.0 cm³/mol. The topological polar surface area (TPSA) is 74.7 Å². The van der Waals surface area contributed by atoms with Crippen molar-refractivity contribution in [2.75, 3.05) is 4.90 Å². The average molecular weight is 297 g/mol. The second-order valence-electron chi connectivity index (χ2n) is 5.39. The number of carbonyl (C=O) groups is 3. The number of carboxylic acid groups (broad SMARTS) is 1. The summed E-state index contributed by atoms with van der Waals surface area (Å²) in [6.07, 6.45) is 6.79. The molecule has 1 heterocycles. The number of imide groups is 1. The van der Waals surface area contributed by atoms with Crippen LogP contribution in [-0.4, -0.2) is 22.9 Å². The van der Waals surface area contributed by atoms with Gasteiger partial charge in [-0.15, -0.1) is 0 Å². The van der Waals surface area contributed by atoms with Crippen LogP contribution in [-0.2, 0) is 14.4 Å². The Kier molecular flexibility index (Phi) is 3.63. The van der Waals surface area contributed by atoms with Gasteiger partial charge in [0.15, 0.2) is 0 Å². The zero-order chi connectivity index (χ0) is 15.7. The lowest BCUT2D eigenvalue weighted by Gasteiger charge is -2.15. The fourth-order valence-electron chi connectivity index (χ4n) is 2.93. The van der Waals surface area contributed by atoms with E-state index >= 15 is 0 Å². The van der Waals surface area contributed by atoms with Gasteiger partial charge in [0.2, 0.25) is 5.91 Å². The van der Waals surface area contributed by atoms with Crippen LogP contribution in [0.25, 0.3) is 6.08 Å². The number of aliphatic carboxylic acids is 1. The summed E-state index contributed by atoms with van der Waals surface area (Å²) >= 11 is 0. The molecule has 1 aliphatic heterocycles. The van der Waals surface area contributed by atoms with Crippen molar-refractivity contribution < 1.29 is 19.5 Å². The highest BCUT2D eigenvalue weighted by atomic mass is 16.4. The number of rotatable bonds is 3. The molecule has 2 amide bonds. The quantitative estimate of drug-likeness (QED) is 0.686. The third-order valence-corrected chi connectivity index (χ3v) is 3.95. The van der Waals surface area contributed by atoms with Gasteiger partial charge in [-0.05, 0) is 43.0 Å². The molecule has 3 rings (SSSR count). The van der Waals surface area contributed by atoms with E-state index in [9.17, 15) is 14.4 Å². The van der Waals surface area contributed by atoms with Gasteiger partial charge in [-0.25, -0.2) is 9.69 Å². The monoisotopic (exact) mass is 297 g/mol. The summed E-state index contributed by atoms with van der Waals surface area (Å²) in [6.45, 7) is 0. The van der Waals surface area contributed by atoms with E-state index in [4.69, 9.17) is 5.11 Å². The maximum atomic E-state index is 12.5. The number of amides is 2. The van der Waals surface area contributed by atoms with E-state index in [0.29, 0.717) is 23.2 Å². The standard InChI is InChI=1S/C17H15NO4/c19-15(20)9-8-11-4-3-5-12(10-11)18-16(21)13-6-1-2-7-14(13)17(18)22/h3-6,8-10,14H,1-2,7H2,(H,19,20). The van der Waals surface area contributed by atoms with E-state index in [2.05, 4.69) is 0 Å². The lowest BCUT2D eigenvalue weighted by molar-refractivity contribution is -0.131. The minimum Gasteiger partial charge on any atom is -0.478 e. The maximum absolute atomic E-state index is 12.5. The summed E-state index contributed by atoms with van der Waals surface area (Å²) in [4.78, 5) is 36.7. The van der Waals surface area contributed by atoms with Crippen molar-refractivity contribution in [2.45, 2.75) is 19.3 Å². The van der Waals surface area contributed by atoms with Crippen LogP contribution in [0, 0.1) is 5.92 Å². The Morgan fingerprint density at radius 3 is 2.86 bits per heavy atom. The van der Waals surface area contributed by atoms with Crippen LogP contribution in [0.15, 0.2) is 42.0 Å². The van der Waals surface area contributed by atoms with Gasteiger partial charge < -0.3 is 5.11 Å². The highest BCUT2D eigenvalue weighted by Gasteiger charge is 2.44. The summed E-state index contributed by atoms with van der Waals surface area (Å²) in [5, 5.41) is 8.67. The molecule has 1 N–H and O–H groups in total. The predicted octanol–water partition coefficient (Wildman–Crippen LogP) is 2.38. The van der Waals surface area contributed by atoms with Crippen LogP contribution in [0.2, 0.25) is 0 Å². The Balaban J connectivity index is 1.94. The first kappa shape index (κ1) is 14.3. The average Bonchev–Trinajstić information content (AvgIpc) is 2.78. The van der Waals surface area contributed by atoms with Crippen molar-refractivity contribution in [1.82, 2.24) is 0 Å². The fourth-order valence-corrected chi connectivity index (χ4v) is 2.93. The van der Waals surface area contributed by atoms with Crippen molar-refractivity contribution in [3.05, 3.63) is 47.6 Å². The fraction of sp³-hybridized carbons (Fsp3) is 0.235. The zero-order valence-electron chi connectivity index (χ0n) is 11.9. The molecule has 1 fully saturated rings. The van der Waals surface area contributed by atoms with Crippen LogP contribution in [0.5, 0.6) is 0 Å². The molecule has 112 valence electrons. The third-order valence-electron chi connectivity index (χ3n) is 3.95. The summed E-state index contributed by atoms with van der Waals surface area (Å²) in [7, 11) is 0. The van der Waals surface area contributed by atoms with Gasteiger partial charge in [0.05, 0.1) is 11.6 Å². The van der Waals surface area contributed by atoms with E-state index in [1.54, 1.807) is 24.3 Å². The number of hydrogen-bond donors (Lipinski definition) is 1. The van der Waals surface area contributed by atoms with E-state index in [1.165, 1.54) is 11.0 Å². The summed E-state index contributed by atoms with van der Waals surface area (Å²) < 4.78 is 0. The van der Waals surface area contributed by atoms with Crippen molar-refractivity contribution in [3.63, 3.8) is 0 Å². The van der Waals surface area contributed by atoms with Crippen molar-refractivity contribution >= 4 is 29.5 Å². The molecular weight excluding hydrogens is 282 g/mol. The molecule has 1 unspecified atom stereocenters. The Morgan fingerprint density at radius 1 is 1.32 bits per heavy atom. The van der Waals surface area contributed by atoms with Crippen LogP contribution in [0.3, 0.4) is 0 Å². The highest BCUT2D eigenvalue weighted by Crippen LogP contribution is 2.36. The van der Waals surface area contributed by atoms with Gasteiger partial charge >= 0.3 is 5.97 Å². The lowest BCUT2D eigenvalue weighted by atomic mass is 9.90. The molecule has 1 atom stereocenters. The number of benzene rings is 1. The minimum atomic E-state index is -1.05. The minimum absolute atomic E-state index is 0.185. The molecule has 1 aromatic rings. The number of hydrogen-bond acceptors (Lipinski definition) is 3. The zero-order valence-corrected chi connectivity index (χ0v) is 11.9. The first-order valence-corrected chi connectivity index (χ1v) is 7.17. The second kappa shape index (κ2) is 5.60. The molecule has 5 heteroatoms. The van der Waals surface area contributed by atoms with Gasteiger partial charge in [0, 0.05) is 11.6 Å². The molecule has 0 saturated carbocycles. The van der Waals surface area contributed by atoms with E-state index in [-0.39, 0.29) is 17.7 Å². The summed E-state index contributed by atoms with van der Waals surface area (Å²) in [5.41, 5.74) is 1.71. The third kappa shape index (κ3) is 2.45. The van der Waals surface area contributed by atoms with E-state index in [0.717, 1.165) is 18.9 Å². The number of fused-ring (bicyclic) bond motifs is 1. The van der Waals surface area contributed by atoms with Gasteiger partial charge in [0.1, 0.15) is 0 Å². The molecule has 0 aromatic heterocycles. The maximum Gasteiger partial charge on any atom is 0.328 e. The molecule has 5 nitrogen and oxygen atoms in total. The molecule has 1 aromatic carbocycles. The van der Waals surface area contributed by atoms with E-state index < -0.39 is 5.97 Å². The molecule has 0 bridgehead atoms. The Labute approximate surface area is 127 Å². The van der Waals surface area contributed by atoms with Gasteiger partial charge in [-0.1, -0.05) is 18.2 Å². The number of carboxylic acids is 1. The van der Waals surface area contributed by atoms with Crippen molar-refractivity contribution in [3.8, 4) is 0 Å². The molecule has 1 saturated heterocycles. The molecular formula is C17H15NO4. The lowest BCUT2D eigenvalue weighted by Crippen LogP contribution is -2.30. The molecule has 22 heavy (non-hydrogen) atoms. The molecule has 0 spiro atoms. The van der Waals surface area contributed by atoms with Crippen LogP contribution in [0.4, 0.5) is 5.69 Å².